The first-order valence-corrected chi connectivity index (χ1v) is 10.6. The van der Waals surface area contributed by atoms with Crippen LogP contribution in [0.4, 0.5) is 4.79 Å². The van der Waals surface area contributed by atoms with Crippen molar-refractivity contribution in [1.82, 2.24) is 10.6 Å². The first-order chi connectivity index (χ1) is 13.0. The minimum Gasteiger partial charge on any atom is -0.377 e. The highest BCUT2D eigenvalue weighted by atomic mass is 32.2. The van der Waals surface area contributed by atoms with Gasteiger partial charge in [0.25, 0.3) is 0 Å². The molecule has 0 aliphatic rings. The van der Waals surface area contributed by atoms with E-state index in [4.69, 9.17) is 4.74 Å². The summed E-state index contributed by atoms with van der Waals surface area (Å²) in [6.45, 7) is 3.64. The number of nitrogens with one attached hydrogen (secondary N) is 2. The van der Waals surface area contributed by atoms with Crippen molar-refractivity contribution in [1.29, 1.82) is 0 Å². The third-order valence-corrected chi connectivity index (χ3v) is 5.65. The van der Waals surface area contributed by atoms with Crippen molar-refractivity contribution >= 4 is 15.9 Å². The summed E-state index contributed by atoms with van der Waals surface area (Å²) in [6.07, 6.45) is 0.953. The van der Waals surface area contributed by atoms with Gasteiger partial charge in [0.15, 0.2) is 9.84 Å². The number of urea groups is 1. The van der Waals surface area contributed by atoms with E-state index in [1.807, 2.05) is 24.3 Å². The molecule has 0 saturated heterocycles. The molecule has 0 saturated carbocycles. The normalized spacial score (nSPS) is 11.1. The van der Waals surface area contributed by atoms with Crippen LogP contribution in [0.1, 0.15) is 24.5 Å². The predicted molar refractivity (Wildman–Crippen MR) is 105 cm³/mol. The average molecular weight is 391 g/mol. The van der Waals surface area contributed by atoms with Gasteiger partial charge in [0.1, 0.15) is 0 Å². The second-order valence-electron chi connectivity index (χ2n) is 6.06. The van der Waals surface area contributed by atoms with E-state index in [2.05, 4.69) is 17.6 Å². The second kappa shape index (κ2) is 10.7. The molecule has 146 valence electrons. The summed E-state index contributed by atoms with van der Waals surface area (Å²) in [6, 6.07) is 15.6. The lowest BCUT2D eigenvalue weighted by Gasteiger charge is -2.12. The molecule has 0 spiro atoms. The van der Waals surface area contributed by atoms with Crippen molar-refractivity contribution in [2.45, 2.75) is 31.4 Å². The number of sulfone groups is 1. The summed E-state index contributed by atoms with van der Waals surface area (Å²) >= 11 is 0. The Morgan fingerprint density at radius 1 is 0.963 bits per heavy atom. The summed E-state index contributed by atoms with van der Waals surface area (Å²) in [7, 11) is -3.40. The molecule has 0 aliphatic heterocycles. The van der Waals surface area contributed by atoms with Gasteiger partial charge in [0, 0.05) is 19.7 Å². The molecule has 0 fully saturated rings. The number of hydrogen-bond acceptors (Lipinski definition) is 4. The van der Waals surface area contributed by atoms with Crippen molar-refractivity contribution in [2.75, 3.05) is 18.9 Å². The largest absolute Gasteiger partial charge is 0.377 e. The molecule has 0 unspecified atom stereocenters. The fourth-order valence-electron chi connectivity index (χ4n) is 2.48. The maximum absolute atomic E-state index is 12.2. The molecule has 2 N–H and O–H groups in total. The second-order valence-corrected chi connectivity index (χ2v) is 8.17. The third-order valence-electron chi connectivity index (χ3n) is 3.92. The lowest BCUT2D eigenvalue weighted by molar-refractivity contribution is 0.121. The summed E-state index contributed by atoms with van der Waals surface area (Å²) in [4.78, 5) is 12.2. The van der Waals surface area contributed by atoms with Gasteiger partial charge in [-0.15, -0.1) is 0 Å². The highest BCUT2D eigenvalue weighted by molar-refractivity contribution is 7.91. The Balaban J connectivity index is 1.78. The van der Waals surface area contributed by atoms with Crippen LogP contribution in [0, 0.1) is 0 Å². The molecule has 0 radical (unpaired) electrons. The number of carbonyl (C=O) groups excluding carboxylic acids is 1. The fourth-order valence-corrected chi connectivity index (χ4v) is 3.66. The monoisotopic (exact) mass is 390 g/mol. The SMILES string of the molecule is CCCOCc1ccccc1CNC(=O)NCCS(=O)(=O)c1ccccc1. The van der Waals surface area contributed by atoms with E-state index in [1.165, 1.54) is 0 Å². The van der Waals surface area contributed by atoms with Crippen LogP contribution in [0.15, 0.2) is 59.5 Å². The van der Waals surface area contributed by atoms with E-state index in [-0.39, 0.29) is 17.2 Å². The molecule has 2 aromatic carbocycles. The smallest absolute Gasteiger partial charge is 0.315 e. The van der Waals surface area contributed by atoms with Crippen LogP contribution in [0.25, 0.3) is 0 Å². The van der Waals surface area contributed by atoms with E-state index < -0.39 is 15.9 Å². The van der Waals surface area contributed by atoms with Crippen LogP contribution in [-0.2, 0) is 27.7 Å². The quantitative estimate of drug-likeness (QED) is 0.611. The fraction of sp³-hybridized carbons (Fsp3) is 0.350. The maximum atomic E-state index is 12.2. The Labute approximate surface area is 160 Å². The van der Waals surface area contributed by atoms with E-state index >= 15 is 0 Å². The Kier molecular flexibility index (Phi) is 8.29. The summed E-state index contributed by atoms with van der Waals surface area (Å²) in [5, 5.41) is 5.35. The number of hydrogen-bond donors (Lipinski definition) is 2. The van der Waals surface area contributed by atoms with Gasteiger partial charge in [0.2, 0.25) is 0 Å². The van der Waals surface area contributed by atoms with Gasteiger partial charge in [-0.3, -0.25) is 0 Å². The molecule has 2 amide bonds. The molecule has 0 aromatic heterocycles. The molecular formula is C20H26N2O4S. The van der Waals surface area contributed by atoms with Crippen molar-refractivity contribution < 1.29 is 17.9 Å². The van der Waals surface area contributed by atoms with Gasteiger partial charge < -0.3 is 15.4 Å². The molecule has 27 heavy (non-hydrogen) atoms. The predicted octanol–water partition coefficient (Wildman–Crippen LogP) is 2.89. The maximum Gasteiger partial charge on any atom is 0.315 e. The van der Waals surface area contributed by atoms with E-state index in [1.54, 1.807) is 30.3 Å². The van der Waals surface area contributed by atoms with Gasteiger partial charge >= 0.3 is 6.03 Å². The molecule has 2 aromatic rings. The van der Waals surface area contributed by atoms with Crippen LogP contribution in [0.2, 0.25) is 0 Å². The zero-order chi connectivity index (χ0) is 19.5. The van der Waals surface area contributed by atoms with E-state index in [0.29, 0.717) is 19.8 Å². The van der Waals surface area contributed by atoms with Gasteiger partial charge in [-0.25, -0.2) is 13.2 Å². The Morgan fingerprint density at radius 2 is 1.63 bits per heavy atom. The zero-order valence-electron chi connectivity index (χ0n) is 15.5. The summed E-state index contributed by atoms with van der Waals surface area (Å²) < 4.78 is 29.9. The van der Waals surface area contributed by atoms with Crippen molar-refractivity contribution in [3.05, 3.63) is 65.7 Å². The molecule has 6 nitrogen and oxygen atoms in total. The molecule has 0 atom stereocenters. The van der Waals surface area contributed by atoms with Crippen molar-refractivity contribution in [3.63, 3.8) is 0 Å². The van der Waals surface area contributed by atoms with Crippen LogP contribution in [-0.4, -0.2) is 33.4 Å². The molecule has 2 rings (SSSR count). The minimum atomic E-state index is -3.40. The van der Waals surface area contributed by atoms with Crippen LogP contribution < -0.4 is 10.6 Å². The van der Waals surface area contributed by atoms with Gasteiger partial charge in [-0.1, -0.05) is 49.4 Å². The van der Waals surface area contributed by atoms with E-state index in [9.17, 15) is 13.2 Å². The average Bonchev–Trinajstić information content (AvgIpc) is 2.68. The molecule has 0 bridgehead atoms. The number of amides is 2. The standard InChI is InChI=1S/C20H26N2O4S/c1-2-13-26-16-18-9-7-6-8-17(18)15-22-20(23)21-12-14-27(24,25)19-10-4-3-5-11-19/h3-11H,2,12-16H2,1H3,(H2,21,22,23). The number of benzene rings is 2. The zero-order valence-corrected chi connectivity index (χ0v) is 16.3. The lowest BCUT2D eigenvalue weighted by Crippen LogP contribution is -2.37. The van der Waals surface area contributed by atoms with Gasteiger partial charge in [-0.2, -0.15) is 0 Å². The molecule has 7 heteroatoms. The molecular weight excluding hydrogens is 364 g/mol. The van der Waals surface area contributed by atoms with Crippen LogP contribution in [0.5, 0.6) is 0 Å². The summed E-state index contributed by atoms with van der Waals surface area (Å²) in [5.74, 6) is -0.147. The Bertz CT molecular complexity index is 823. The highest BCUT2D eigenvalue weighted by Gasteiger charge is 2.14. The van der Waals surface area contributed by atoms with Crippen LogP contribution >= 0.6 is 0 Å². The first kappa shape index (κ1) is 20.9. The van der Waals surface area contributed by atoms with Crippen molar-refractivity contribution in [2.24, 2.45) is 0 Å². The topological polar surface area (TPSA) is 84.5 Å². The van der Waals surface area contributed by atoms with Crippen LogP contribution in [0.3, 0.4) is 0 Å². The highest BCUT2D eigenvalue weighted by Crippen LogP contribution is 2.11. The summed E-state index contributed by atoms with van der Waals surface area (Å²) in [5.41, 5.74) is 2.00. The Morgan fingerprint density at radius 3 is 2.33 bits per heavy atom. The number of carbonyl (C=O) groups is 1. The molecule has 0 aliphatic carbocycles. The van der Waals surface area contributed by atoms with Gasteiger partial charge in [0.05, 0.1) is 17.3 Å². The Hall–Kier alpha value is -2.38. The molecule has 0 heterocycles. The number of ether oxygens (including phenoxy) is 1. The first-order valence-electron chi connectivity index (χ1n) is 8.97. The third kappa shape index (κ3) is 7.03. The minimum absolute atomic E-state index is 0.0460. The van der Waals surface area contributed by atoms with Crippen molar-refractivity contribution in [3.8, 4) is 0 Å². The lowest BCUT2D eigenvalue weighted by atomic mass is 10.1. The number of rotatable bonds is 10. The van der Waals surface area contributed by atoms with E-state index in [0.717, 1.165) is 17.5 Å². The van der Waals surface area contributed by atoms with Gasteiger partial charge in [-0.05, 0) is 29.7 Å².